The molecule has 0 unspecified atom stereocenters. The molecule has 0 aliphatic heterocycles. The van der Waals surface area contributed by atoms with Crippen molar-refractivity contribution in [1.29, 1.82) is 0 Å². The lowest BCUT2D eigenvalue weighted by Crippen LogP contribution is -1.94. The molecule has 0 bridgehead atoms. The summed E-state index contributed by atoms with van der Waals surface area (Å²) in [5.41, 5.74) is 2.27. The summed E-state index contributed by atoms with van der Waals surface area (Å²) in [7, 11) is 1.57. The average Bonchev–Trinajstić information content (AvgIpc) is 2.38. The van der Waals surface area contributed by atoms with E-state index in [1.807, 2.05) is 30.3 Å². The summed E-state index contributed by atoms with van der Waals surface area (Å²) < 4.78 is 5.22. The summed E-state index contributed by atoms with van der Waals surface area (Å²) in [6.45, 7) is 0. The quantitative estimate of drug-likeness (QED) is 0.735. The molecule has 0 N–H and O–H groups in total. The fourth-order valence-electron chi connectivity index (χ4n) is 1.61. The Kier molecular flexibility index (Phi) is 2.96. The Morgan fingerprint density at radius 2 is 1.94 bits per heavy atom. The smallest absolute Gasteiger partial charge is 0.152 e. The van der Waals surface area contributed by atoms with Crippen molar-refractivity contribution in [2.24, 2.45) is 0 Å². The van der Waals surface area contributed by atoms with Crippen LogP contribution in [0.3, 0.4) is 0 Å². The molecule has 0 fully saturated rings. The Morgan fingerprint density at radius 1 is 1.19 bits per heavy atom. The SMILES string of the molecule is COc1cncc(C=O)c1-c1ccccc1. The predicted octanol–water partition coefficient (Wildman–Crippen LogP) is 2.57. The maximum Gasteiger partial charge on any atom is 0.152 e. The van der Waals surface area contributed by atoms with Crippen LogP contribution in [0.1, 0.15) is 10.4 Å². The Bertz CT molecular complexity index is 495. The number of aldehydes is 1. The largest absolute Gasteiger partial charge is 0.494 e. The number of benzene rings is 1. The predicted molar refractivity (Wildman–Crippen MR) is 61.6 cm³/mol. The van der Waals surface area contributed by atoms with Crippen molar-refractivity contribution in [3.05, 3.63) is 48.3 Å². The molecule has 0 aliphatic rings. The normalized spacial score (nSPS) is 9.81. The molecule has 80 valence electrons. The fraction of sp³-hybridized carbons (Fsp3) is 0.0769. The van der Waals surface area contributed by atoms with Crippen LogP contribution >= 0.6 is 0 Å². The Morgan fingerprint density at radius 3 is 2.56 bits per heavy atom. The highest BCUT2D eigenvalue weighted by Gasteiger charge is 2.10. The molecular formula is C13H11NO2. The van der Waals surface area contributed by atoms with Crippen LogP contribution in [0.4, 0.5) is 0 Å². The third kappa shape index (κ3) is 1.80. The van der Waals surface area contributed by atoms with Gasteiger partial charge in [-0.05, 0) is 5.56 Å². The van der Waals surface area contributed by atoms with Crippen LogP contribution in [0.5, 0.6) is 5.75 Å². The van der Waals surface area contributed by atoms with Gasteiger partial charge in [0, 0.05) is 17.3 Å². The number of ether oxygens (including phenoxy) is 1. The molecule has 0 radical (unpaired) electrons. The lowest BCUT2D eigenvalue weighted by Gasteiger charge is -2.09. The maximum absolute atomic E-state index is 11.0. The summed E-state index contributed by atoms with van der Waals surface area (Å²) in [5, 5.41) is 0. The minimum atomic E-state index is 0.533. The lowest BCUT2D eigenvalue weighted by atomic mass is 10.0. The van der Waals surface area contributed by atoms with Gasteiger partial charge >= 0.3 is 0 Å². The molecule has 3 heteroatoms. The van der Waals surface area contributed by atoms with Crippen molar-refractivity contribution in [2.75, 3.05) is 7.11 Å². The van der Waals surface area contributed by atoms with Gasteiger partial charge in [0.1, 0.15) is 5.75 Å². The summed E-state index contributed by atoms with van der Waals surface area (Å²) in [4.78, 5) is 14.9. The van der Waals surface area contributed by atoms with E-state index in [-0.39, 0.29) is 0 Å². The fourth-order valence-corrected chi connectivity index (χ4v) is 1.61. The number of nitrogens with zero attached hydrogens (tertiary/aromatic N) is 1. The molecule has 2 rings (SSSR count). The molecule has 1 aromatic carbocycles. The number of carbonyl (C=O) groups is 1. The van der Waals surface area contributed by atoms with Gasteiger partial charge in [-0.1, -0.05) is 30.3 Å². The maximum atomic E-state index is 11.0. The molecule has 2 aromatic rings. The topological polar surface area (TPSA) is 39.2 Å². The Balaban J connectivity index is 2.66. The third-order valence-electron chi connectivity index (χ3n) is 2.35. The monoisotopic (exact) mass is 213 g/mol. The molecular weight excluding hydrogens is 202 g/mol. The van der Waals surface area contributed by atoms with Crippen molar-refractivity contribution >= 4 is 6.29 Å². The second-order valence-electron chi connectivity index (χ2n) is 3.29. The number of pyridine rings is 1. The summed E-state index contributed by atoms with van der Waals surface area (Å²) >= 11 is 0. The first kappa shape index (κ1) is 10.4. The molecule has 0 spiro atoms. The summed E-state index contributed by atoms with van der Waals surface area (Å²) in [5.74, 6) is 0.607. The summed E-state index contributed by atoms with van der Waals surface area (Å²) in [6.07, 6.45) is 3.94. The van der Waals surface area contributed by atoms with Crippen molar-refractivity contribution in [1.82, 2.24) is 4.98 Å². The number of carbonyl (C=O) groups excluding carboxylic acids is 1. The van der Waals surface area contributed by atoms with E-state index in [0.717, 1.165) is 17.4 Å². The average molecular weight is 213 g/mol. The highest BCUT2D eigenvalue weighted by molar-refractivity contribution is 5.89. The van der Waals surface area contributed by atoms with Gasteiger partial charge in [0.2, 0.25) is 0 Å². The van der Waals surface area contributed by atoms with Gasteiger partial charge in [-0.3, -0.25) is 9.78 Å². The Hall–Kier alpha value is -2.16. The number of methoxy groups -OCH3 is 1. The molecule has 0 saturated carbocycles. The molecule has 1 heterocycles. The van der Waals surface area contributed by atoms with Crippen molar-refractivity contribution in [3.63, 3.8) is 0 Å². The van der Waals surface area contributed by atoms with E-state index >= 15 is 0 Å². The standard InChI is InChI=1S/C13H11NO2/c1-16-12-8-14-7-11(9-15)13(12)10-5-3-2-4-6-10/h2-9H,1H3. The van der Waals surface area contributed by atoms with Crippen LogP contribution in [0.15, 0.2) is 42.7 Å². The minimum absolute atomic E-state index is 0.533. The van der Waals surface area contributed by atoms with Gasteiger partial charge < -0.3 is 4.74 Å². The highest BCUT2D eigenvalue weighted by atomic mass is 16.5. The van der Waals surface area contributed by atoms with E-state index in [1.54, 1.807) is 13.3 Å². The van der Waals surface area contributed by atoms with E-state index in [9.17, 15) is 4.79 Å². The third-order valence-corrected chi connectivity index (χ3v) is 2.35. The number of hydrogen-bond donors (Lipinski definition) is 0. The highest BCUT2D eigenvalue weighted by Crippen LogP contribution is 2.31. The van der Waals surface area contributed by atoms with E-state index < -0.39 is 0 Å². The van der Waals surface area contributed by atoms with Crippen LogP contribution < -0.4 is 4.74 Å². The Labute approximate surface area is 93.7 Å². The van der Waals surface area contributed by atoms with Gasteiger partial charge in [-0.2, -0.15) is 0 Å². The van der Waals surface area contributed by atoms with Crippen molar-refractivity contribution in [3.8, 4) is 16.9 Å². The molecule has 0 amide bonds. The zero-order valence-corrected chi connectivity index (χ0v) is 8.88. The molecule has 1 aromatic heterocycles. The molecule has 16 heavy (non-hydrogen) atoms. The van der Waals surface area contributed by atoms with E-state index in [0.29, 0.717) is 11.3 Å². The lowest BCUT2D eigenvalue weighted by molar-refractivity contribution is 0.112. The van der Waals surface area contributed by atoms with Crippen LogP contribution in [0.2, 0.25) is 0 Å². The van der Waals surface area contributed by atoms with Crippen molar-refractivity contribution in [2.45, 2.75) is 0 Å². The van der Waals surface area contributed by atoms with Gasteiger partial charge in [-0.15, -0.1) is 0 Å². The number of rotatable bonds is 3. The zero-order chi connectivity index (χ0) is 11.4. The van der Waals surface area contributed by atoms with Crippen LogP contribution in [-0.4, -0.2) is 18.4 Å². The first-order chi connectivity index (χ1) is 7.86. The van der Waals surface area contributed by atoms with Gasteiger partial charge in [-0.25, -0.2) is 0 Å². The van der Waals surface area contributed by atoms with Gasteiger partial charge in [0.25, 0.3) is 0 Å². The van der Waals surface area contributed by atoms with Crippen molar-refractivity contribution < 1.29 is 9.53 Å². The summed E-state index contributed by atoms with van der Waals surface area (Å²) in [6, 6.07) is 9.64. The van der Waals surface area contributed by atoms with Crippen LogP contribution in [0, 0.1) is 0 Å². The van der Waals surface area contributed by atoms with Crippen LogP contribution in [-0.2, 0) is 0 Å². The van der Waals surface area contributed by atoms with E-state index in [2.05, 4.69) is 4.98 Å². The molecule has 3 nitrogen and oxygen atoms in total. The van der Waals surface area contributed by atoms with Gasteiger partial charge in [0.05, 0.1) is 13.3 Å². The first-order valence-electron chi connectivity index (χ1n) is 4.89. The molecule has 0 atom stereocenters. The number of aromatic nitrogens is 1. The molecule has 0 saturated heterocycles. The second kappa shape index (κ2) is 4.57. The van der Waals surface area contributed by atoms with E-state index in [4.69, 9.17) is 4.74 Å². The second-order valence-corrected chi connectivity index (χ2v) is 3.29. The number of hydrogen-bond acceptors (Lipinski definition) is 3. The minimum Gasteiger partial charge on any atom is -0.494 e. The first-order valence-corrected chi connectivity index (χ1v) is 4.89. The molecule has 0 aliphatic carbocycles. The van der Waals surface area contributed by atoms with Crippen LogP contribution in [0.25, 0.3) is 11.1 Å². The zero-order valence-electron chi connectivity index (χ0n) is 8.88. The van der Waals surface area contributed by atoms with Gasteiger partial charge in [0.15, 0.2) is 6.29 Å². The van der Waals surface area contributed by atoms with E-state index in [1.165, 1.54) is 6.20 Å².